The quantitative estimate of drug-likeness (QED) is 0.583. The third-order valence-corrected chi connectivity index (χ3v) is 4.36. The van der Waals surface area contributed by atoms with E-state index in [0.717, 1.165) is 34.6 Å². The number of nitrogen functional groups attached to an aromatic ring is 1. The Bertz CT molecular complexity index is 688. The van der Waals surface area contributed by atoms with E-state index in [2.05, 4.69) is 14.7 Å². The van der Waals surface area contributed by atoms with Crippen molar-refractivity contribution in [3.8, 4) is 0 Å². The summed E-state index contributed by atoms with van der Waals surface area (Å²) in [5.74, 6) is 0. The highest BCUT2D eigenvalue weighted by Gasteiger charge is 2.14. The largest absolute Gasteiger partial charge is 0.399 e. The molecule has 0 fully saturated rings. The Morgan fingerprint density at radius 2 is 2.28 bits per heavy atom. The van der Waals surface area contributed by atoms with Crippen LogP contribution in [-0.4, -0.2) is 14.7 Å². The lowest BCUT2D eigenvalue weighted by Crippen LogP contribution is -2.33. The molecule has 7 heteroatoms. The summed E-state index contributed by atoms with van der Waals surface area (Å²) in [4.78, 5) is 1.18. The molecule has 92 valence electrons. The summed E-state index contributed by atoms with van der Waals surface area (Å²) < 4.78 is 7.03. The molecule has 0 aliphatic heterocycles. The smallest absolute Gasteiger partial charge is 0.195 e. The fraction of sp³-hybridized carbons (Fsp3) is 0.273. The van der Waals surface area contributed by atoms with Gasteiger partial charge in [-0.2, -0.15) is 0 Å². The molecule has 0 spiro atoms. The fourth-order valence-electron chi connectivity index (χ4n) is 1.72. The Morgan fingerprint density at radius 1 is 1.39 bits per heavy atom. The van der Waals surface area contributed by atoms with E-state index in [1.165, 1.54) is 16.4 Å². The predicted molar refractivity (Wildman–Crippen MR) is 72.6 cm³/mol. The van der Waals surface area contributed by atoms with Gasteiger partial charge in [-0.1, -0.05) is 4.49 Å². The van der Waals surface area contributed by atoms with Gasteiger partial charge >= 0.3 is 0 Å². The zero-order valence-electron chi connectivity index (χ0n) is 9.83. The van der Waals surface area contributed by atoms with Crippen molar-refractivity contribution in [3.05, 3.63) is 28.8 Å². The van der Waals surface area contributed by atoms with Gasteiger partial charge in [0.05, 0.1) is 12.1 Å². The van der Waals surface area contributed by atoms with Crippen molar-refractivity contribution in [1.29, 1.82) is 0 Å². The highest BCUT2D eigenvalue weighted by atomic mass is 32.1. The van der Waals surface area contributed by atoms with Crippen LogP contribution in [0.4, 0.5) is 5.69 Å². The first-order valence-electron chi connectivity index (χ1n) is 5.57. The van der Waals surface area contributed by atoms with Crippen LogP contribution in [0.15, 0.2) is 18.2 Å². The summed E-state index contributed by atoms with van der Waals surface area (Å²) in [5.41, 5.74) is 8.58. The number of benzene rings is 1. The van der Waals surface area contributed by atoms with Gasteiger partial charge in [0.25, 0.3) is 0 Å². The number of nitrogens with two attached hydrogens (primary N) is 1. The number of aryl methyl sites for hydroxylation is 3. The molecule has 0 amide bonds. The second-order valence-electron chi connectivity index (χ2n) is 4.02. The van der Waals surface area contributed by atoms with Crippen LogP contribution in [0.25, 0.3) is 10.2 Å². The van der Waals surface area contributed by atoms with Crippen molar-refractivity contribution in [2.45, 2.75) is 19.9 Å². The zero-order chi connectivity index (χ0) is 12.5. The van der Waals surface area contributed by atoms with Gasteiger partial charge in [0.2, 0.25) is 0 Å². The third-order valence-electron chi connectivity index (χ3n) is 2.69. The molecular weight excluding hydrogens is 266 g/mol. The van der Waals surface area contributed by atoms with Crippen molar-refractivity contribution in [3.63, 3.8) is 0 Å². The van der Waals surface area contributed by atoms with E-state index in [4.69, 9.17) is 5.73 Å². The minimum absolute atomic E-state index is 0.776. The maximum absolute atomic E-state index is 5.76. The Hall–Kier alpha value is -1.60. The Morgan fingerprint density at radius 3 is 3.06 bits per heavy atom. The molecule has 1 aromatic carbocycles. The van der Waals surface area contributed by atoms with E-state index in [9.17, 15) is 0 Å². The standard InChI is InChI=1S/C11H11N5S2/c1-7-9(13-15-17-7)4-5-16-14-10-3-2-8(12)6-11(10)18-16/h2-3,6,12H,4-5H2,1H3/p+1. The van der Waals surface area contributed by atoms with Crippen LogP contribution >= 0.6 is 23.1 Å². The molecule has 2 N–H and O–H groups in total. The highest BCUT2D eigenvalue weighted by Crippen LogP contribution is 2.17. The average molecular weight is 278 g/mol. The first-order valence-corrected chi connectivity index (χ1v) is 7.11. The summed E-state index contributed by atoms with van der Waals surface area (Å²) in [6, 6.07) is 5.79. The number of hydrogen-bond acceptors (Lipinski definition) is 6. The molecule has 3 rings (SSSR count). The van der Waals surface area contributed by atoms with Crippen LogP contribution in [0.2, 0.25) is 0 Å². The number of nitrogens with zero attached hydrogens (tertiary/aromatic N) is 4. The van der Waals surface area contributed by atoms with Crippen LogP contribution in [0.3, 0.4) is 0 Å². The maximum Gasteiger partial charge on any atom is 0.195 e. The van der Waals surface area contributed by atoms with Crippen LogP contribution in [0.1, 0.15) is 10.6 Å². The van der Waals surface area contributed by atoms with E-state index < -0.39 is 0 Å². The maximum atomic E-state index is 5.76. The van der Waals surface area contributed by atoms with Gasteiger partial charge in [-0.3, -0.25) is 0 Å². The summed E-state index contributed by atoms with van der Waals surface area (Å²) in [6.07, 6.45) is 0.863. The second-order valence-corrected chi connectivity index (χ2v) is 6.02. The van der Waals surface area contributed by atoms with Gasteiger partial charge in [-0.05, 0) is 40.7 Å². The molecular formula is C11H12N5S2+. The molecule has 5 nitrogen and oxygen atoms in total. The molecule has 0 aliphatic carbocycles. The van der Waals surface area contributed by atoms with Gasteiger partial charge in [-0.15, -0.1) is 5.10 Å². The molecule has 0 aliphatic rings. The van der Waals surface area contributed by atoms with E-state index in [0.29, 0.717) is 0 Å². The van der Waals surface area contributed by atoms with Gasteiger partial charge in [0.15, 0.2) is 23.6 Å². The van der Waals surface area contributed by atoms with Crippen LogP contribution in [0.5, 0.6) is 0 Å². The summed E-state index contributed by atoms with van der Waals surface area (Å²) in [6.45, 7) is 2.87. The minimum atomic E-state index is 0.776. The Balaban J connectivity index is 1.81. The molecule has 2 aromatic heterocycles. The van der Waals surface area contributed by atoms with Crippen LogP contribution in [-0.2, 0) is 13.0 Å². The molecule has 0 unspecified atom stereocenters. The summed E-state index contributed by atoms with van der Waals surface area (Å²) in [7, 11) is 0. The monoisotopic (exact) mass is 278 g/mol. The van der Waals surface area contributed by atoms with Gasteiger partial charge in [0.1, 0.15) is 4.70 Å². The lowest BCUT2D eigenvalue weighted by Gasteiger charge is -1.88. The molecule has 2 heterocycles. The van der Waals surface area contributed by atoms with Crippen molar-refractivity contribution in [2.24, 2.45) is 0 Å². The van der Waals surface area contributed by atoms with Crippen LogP contribution < -0.4 is 9.81 Å². The Labute approximate surface area is 112 Å². The van der Waals surface area contributed by atoms with Gasteiger partial charge in [-0.25, -0.2) is 0 Å². The molecule has 0 saturated heterocycles. The minimum Gasteiger partial charge on any atom is -0.399 e. The number of fused-ring (bicyclic) bond motifs is 1. The molecule has 3 aromatic rings. The number of aromatic nitrogens is 4. The number of rotatable bonds is 3. The molecule has 18 heavy (non-hydrogen) atoms. The van der Waals surface area contributed by atoms with Crippen molar-refractivity contribution in [1.82, 2.24) is 14.7 Å². The van der Waals surface area contributed by atoms with Crippen LogP contribution in [0, 0.1) is 6.92 Å². The molecule has 0 atom stereocenters. The highest BCUT2D eigenvalue weighted by molar-refractivity contribution is 7.09. The summed E-state index contributed by atoms with van der Waals surface area (Å²) in [5, 5.41) is 8.63. The fourth-order valence-corrected chi connectivity index (χ4v) is 3.16. The second kappa shape index (κ2) is 4.58. The number of hydrogen-bond donors (Lipinski definition) is 1. The lowest BCUT2D eigenvalue weighted by molar-refractivity contribution is -0.686. The topological polar surface area (TPSA) is 68.6 Å². The zero-order valence-corrected chi connectivity index (χ0v) is 11.5. The summed E-state index contributed by atoms with van der Waals surface area (Å²) >= 11 is 3.06. The molecule has 0 bridgehead atoms. The van der Waals surface area contributed by atoms with E-state index in [1.54, 1.807) is 11.5 Å². The molecule has 0 radical (unpaired) electrons. The molecule has 0 saturated carbocycles. The lowest BCUT2D eigenvalue weighted by atomic mass is 10.3. The average Bonchev–Trinajstić information content (AvgIpc) is 2.92. The van der Waals surface area contributed by atoms with Crippen molar-refractivity contribution in [2.75, 3.05) is 5.73 Å². The van der Waals surface area contributed by atoms with Gasteiger partial charge < -0.3 is 5.73 Å². The van der Waals surface area contributed by atoms with E-state index >= 15 is 0 Å². The van der Waals surface area contributed by atoms with Crippen molar-refractivity contribution >= 4 is 39.0 Å². The normalized spacial score (nSPS) is 11.2. The van der Waals surface area contributed by atoms with Gasteiger partial charge in [0, 0.05) is 15.7 Å². The van der Waals surface area contributed by atoms with Crippen molar-refractivity contribution < 1.29 is 4.07 Å². The SMILES string of the molecule is Cc1snnc1CC[n+]1nc2ccc(N)cc2s1. The first kappa shape index (κ1) is 11.5. The third kappa shape index (κ3) is 2.19. The Kier molecular flexibility index (Phi) is 2.92. The predicted octanol–water partition coefficient (Wildman–Crippen LogP) is 1.57. The number of anilines is 1. The van der Waals surface area contributed by atoms with E-state index in [-0.39, 0.29) is 0 Å². The first-order chi connectivity index (χ1) is 8.72. The van der Waals surface area contributed by atoms with E-state index in [1.807, 2.05) is 29.2 Å².